The predicted molar refractivity (Wildman–Crippen MR) is 95.2 cm³/mol. The molecule has 2 aliphatic rings. The maximum absolute atomic E-state index is 12.3. The zero-order valence-electron chi connectivity index (χ0n) is 14.9. The van der Waals surface area contributed by atoms with Crippen molar-refractivity contribution in [3.8, 4) is 0 Å². The summed E-state index contributed by atoms with van der Waals surface area (Å²) in [5.74, 6) is 1.81. The Balaban J connectivity index is 1.46. The summed E-state index contributed by atoms with van der Waals surface area (Å²) in [4.78, 5) is 28.3. The quantitative estimate of drug-likeness (QED) is 0.880. The highest BCUT2D eigenvalue weighted by molar-refractivity contribution is 5.87. The number of hydrogen-bond acceptors (Lipinski definition) is 5. The number of fused-ring (bicyclic) bond motifs is 2. The van der Waals surface area contributed by atoms with Crippen LogP contribution in [0.1, 0.15) is 26.7 Å². The second-order valence-corrected chi connectivity index (χ2v) is 7.96. The second kappa shape index (κ2) is 5.69. The Morgan fingerprint density at radius 3 is 2.64 bits per heavy atom. The average molecular weight is 343 g/mol. The molecule has 7 heteroatoms. The van der Waals surface area contributed by atoms with Crippen molar-refractivity contribution in [2.75, 3.05) is 25.0 Å². The molecule has 2 unspecified atom stereocenters. The molecule has 0 spiro atoms. The minimum absolute atomic E-state index is 0.156. The van der Waals surface area contributed by atoms with Crippen LogP contribution < -0.4 is 4.90 Å². The van der Waals surface area contributed by atoms with Crippen LogP contribution in [-0.4, -0.2) is 62.6 Å². The maximum atomic E-state index is 12.3. The summed E-state index contributed by atoms with van der Waals surface area (Å²) < 4.78 is 0. The van der Waals surface area contributed by atoms with Gasteiger partial charge in [-0.25, -0.2) is 9.97 Å². The highest BCUT2D eigenvalue weighted by Gasteiger charge is 2.45. The fourth-order valence-corrected chi connectivity index (χ4v) is 4.45. The molecule has 3 heterocycles. The molecule has 1 amide bonds. The number of carbonyl (C=O) groups is 1. The first-order chi connectivity index (χ1) is 11.8. The fraction of sp³-hybridized carbons (Fsp3) is 0.611. The van der Waals surface area contributed by atoms with E-state index in [0.29, 0.717) is 17.9 Å². The van der Waals surface area contributed by atoms with Crippen LogP contribution >= 0.6 is 0 Å². The minimum atomic E-state index is -1.28. The van der Waals surface area contributed by atoms with E-state index in [0.717, 1.165) is 42.8 Å². The van der Waals surface area contributed by atoms with Crippen molar-refractivity contribution < 1.29 is 9.90 Å². The molecule has 2 N–H and O–H groups in total. The van der Waals surface area contributed by atoms with Crippen molar-refractivity contribution in [2.24, 2.45) is 11.8 Å². The van der Waals surface area contributed by atoms with Crippen molar-refractivity contribution >= 4 is 22.8 Å². The molecular formula is C18H25N5O2. The third-order valence-corrected chi connectivity index (χ3v) is 5.75. The van der Waals surface area contributed by atoms with Crippen molar-refractivity contribution in [1.82, 2.24) is 19.9 Å². The van der Waals surface area contributed by atoms with Crippen molar-refractivity contribution in [2.45, 2.75) is 38.3 Å². The average Bonchev–Trinajstić information content (AvgIpc) is 3.25. The maximum Gasteiger partial charge on any atom is 0.253 e. The predicted octanol–water partition coefficient (Wildman–Crippen LogP) is 1.40. The molecule has 0 radical (unpaired) electrons. The van der Waals surface area contributed by atoms with E-state index in [1.165, 1.54) is 0 Å². The van der Waals surface area contributed by atoms with Crippen LogP contribution in [0, 0.1) is 11.8 Å². The monoisotopic (exact) mass is 343 g/mol. The molecule has 1 saturated carbocycles. The molecule has 0 aromatic carbocycles. The van der Waals surface area contributed by atoms with Gasteiger partial charge in [0.15, 0.2) is 0 Å². The lowest BCUT2D eigenvalue weighted by molar-refractivity contribution is -0.147. The lowest BCUT2D eigenvalue weighted by Gasteiger charge is -2.29. The van der Waals surface area contributed by atoms with Crippen molar-refractivity contribution in [3.63, 3.8) is 0 Å². The van der Waals surface area contributed by atoms with E-state index in [-0.39, 0.29) is 5.91 Å². The van der Waals surface area contributed by atoms with E-state index >= 15 is 0 Å². The third-order valence-electron chi connectivity index (χ3n) is 5.75. The Morgan fingerprint density at radius 1 is 1.32 bits per heavy atom. The van der Waals surface area contributed by atoms with Crippen LogP contribution in [0.15, 0.2) is 18.6 Å². The molecular weight excluding hydrogens is 318 g/mol. The molecule has 0 bridgehead atoms. The standard InChI is InChI=1S/C18H25N5O2/c1-18(2,25)17(24)23-8-11-6-13(7-12(11)9-23)22(3)16-14-4-5-19-15(14)20-10-21-16/h4-5,10-13,25H,6-9H2,1-3H3,(H,19,20,21)/t11-,12?,13?/m1/s1. The molecule has 2 fully saturated rings. The molecule has 134 valence electrons. The van der Waals surface area contributed by atoms with E-state index < -0.39 is 5.60 Å². The number of hydrogen-bond donors (Lipinski definition) is 2. The third kappa shape index (κ3) is 2.76. The van der Waals surface area contributed by atoms with Gasteiger partial charge in [0.05, 0.1) is 5.39 Å². The van der Waals surface area contributed by atoms with Crippen LogP contribution in [0.2, 0.25) is 0 Å². The van der Waals surface area contributed by atoms with Gasteiger partial charge in [-0.1, -0.05) is 0 Å². The minimum Gasteiger partial charge on any atom is -0.381 e. The van der Waals surface area contributed by atoms with Gasteiger partial charge in [0, 0.05) is 32.4 Å². The summed E-state index contributed by atoms with van der Waals surface area (Å²) in [5.41, 5.74) is -0.424. The van der Waals surface area contributed by atoms with Gasteiger partial charge in [-0.05, 0) is 44.6 Å². The number of aromatic nitrogens is 3. The first-order valence-corrected chi connectivity index (χ1v) is 8.87. The summed E-state index contributed by atoms with van der Waals surface area (Å²) >= 11 is 0. The lowest BCUT2D eigenvalue weighted by atomic mass is 10.0. The van der Waals surface area contributed by atoms with Crippen LogP contribution in [0.4, 0.5) is 5.82 Å². The van der Waals surface area contributed by atoms with Crippen LogP contribution in [0.3, 0.4) is 0 Å². The van der Waals surface area contributed by atoms with Crippen LogP contribution in [0.5, 0.6) is 0 Å². The topological polar surface area (TPSA) is 85.4 Å². The Hall–Kier alpha value is -2.15. The van der Waals surface area contributed by atoms with E-state index in [4.69, 9.17) is 0 Å². The van der Waals surface area contributed by atoms with E-state index in [1.54, 1.807) is 20.2 Å². The summed E-state index contributed by atoms with van der Waals surface area (Å²) in [6, 6.07) is 2.43. The molecule has 2 aromatic heterocycles. The van der Waals surface area contributed by atoms with Crippen molar-refractivity contribution in [1.29, 1.82) is 0 Å². The summed E-state index contributed by atoms with van der Waals surface area (Å²) in [7, 11) is 2.10. The number of nitrogens with one attached hydrogen (secondary N) is 1. The smallest absolute Gasteiger partial charge is 0.253 e. The number of anilines is 1. The summed E-state index contributed by atoms with van der Waals surface area (Å²) in [5, 5.41) is 11.0. The number of rotatable bonds is 3. The first kappa shape index (κ1) is 16.3. The zero-order chi connectivity index (χ0) is 17.8. The number of aromatic amines is 1. The fourth-order valence-electron chi connectivity index (χ4n) is 4.45. The number of aliphatic hydroxyl groups is 1. The van der Waals surface area contributed by atoms with E-state index in [1.807, 2.05) is 17.2 Å². The van der Waals surface area contributed by atoms with Gasteiger partial charge in [0.1, 0.15) is 23.4 Å². The van der Waals surface area contributed by atoms with Gasteiger partial charge in [-0.15, -0.1) is 0 Å². The Bertz CT molecular complexity index is 782. The van der Waals surface area contributed by atoms with Gasteiger partial charge >= 0.3 is 0 Å². The van der Waals surface area contributed by atoms with Gasteiger partial charge in [0.25, 0.3) is 5.91 Å². The largest absolute Gasteiger partial charge is 0.381 e. The van der Waals surface area contributed by atoms with E-state index in [2.05, 4.69) is 26.9 Å². The highest BCUT2D eigenvalue weighted by atomic mass is 16.3. The summed E-state index contributed by atoms with van der Waals surface area (Å²) in [6.45, 7) is 4.64. The SMILES string of the molecule is CN(c1ncnc2[nH]ccc12)C1CC2CN(C(=O)C(C)(C)O)C[C@H]2C1. The Morgan fingerprint density at radius 2 is 2.00 bits per heavy atom. The molecule has 1 aliphatic carbocycles. The highest BCUT2D eigenvalue weighted by Crippen LogP contribution is 2.41. The van der Waals surface area contributed by atoms with Crippen LogP contribution in [-0.2, 0) is 4.79 Å². The van der Waals surface area contributed by atoms with Gasteiger partial charge < -0.3 is 19.9 Å². The zero-order valence-corrected chi connectivity index (χ0v) is 14.9. The summed E-state index contributed by atoms with van der Waals surface area (Å²) in [6.07, 6.45) is 5.59. The molecule has 4 rings (SSSR count). The number of nitrogens with zero attached hydrogens (tertiary/aromatic N) is 4. The van der Waals surface area contributed by atoms with Crippen LogP contribution in [0.25, 0.3) is 11.0 Å². The first-order valence-electron chi connectivity index (χ1n) is 8.87. The lowest BCUT2D eigenvalue weighted by Crippen LogP contribution is -2.45. The Labute approximate surface area is 147 Å². The molecule has 2 aromatic rings. The number of likely N-dealkylation sites (tertiary alicyclic amines) is 1. The molecule has 1 aliphatic heterocycles. The Kier molecular flexibility index (Phi) is 3.72. The van der Waals surface area contributed by atoms with Gasteiger partial charge in [-0.2, -0.15) is 0 Å². The molecule has 1 saturated heterocycles. The van der Waals surface area contributed by atoms with E-state index in [9.17, 15) is 9.90 Å². The number of carbonyl (C=O) groups excluding carboxylic acids is 1. The molecule has 3 atom stereocenters. The number of amides is 1. The molecule has 7 nitrogen and oxygen atoms in total. The van der Waals surface area contributed by atoms with Gasteiger partial charge in [0.2, 0.25) is 0 Å². The second-order valence-electron chi connectivity index (χ2n) is 7.96. The molecule has 25 heavy (non-hydrogen) atoms. The number of H-pyrrole nitrogens is 1. The van der Waals surface area contributed by atoms with Gasteiger partial charge in [-0.3, -0.25) is 4.79 Å². The van der Waals surface area contributed by atoms with Crippen molar-refractivity contribution in [3.05, 3.63) is 18.6 Å². The normalized spacial score (nSPS) is 26.2.